The highest BCUT2D eigenvalue weighted by Gasteiger charge is 2.21. The zero-order valence-electron chi connectivity index (χ0n) is 13.0. The number of benzene rings is 3. The van der Waals surface area contributed by atoms with E-state index in [4.69, 9.17) is 0 Å². The van der Waals surface area contributed by atoms with Crippen LogP contribution < -0.4 is 0 Å². The van der Waals surface area contributed by atoms with Gasteiger partial charge in [0.2, 0.25) is 0 Å². The fraction of sp³-hybridized carbons (Fsp3) is 0. The van der Waals surface area contributed by atoms with Crippen molar-refractivity contribution in [2.45, 2.75) is 0 Å². The summed E-state index contributed by atoms with van der Waals surface area (Å²) in [4.78, 5) is 23.4. The molecule has 0 aliphatic heterocycles. The monoisotopic (exact) mass is 331 g/mol. The summed E-state index contributed by atoms with van der Waals surface area (Å²) in [5, 5.41) is 20.8. The third-order valence-electron chi connectivity index (χ3n) is 4.30. The number of carbonyl (C=O) groups is 2. The second-order valence-corrected chi connectivity index (χ2v) is 5.68. The van der Waals surface area contributed by atoms with E-state index in [-0.39, 0.29) is 11.1 Å². The maximum atomic E-state index is 11.8. The molecule has 4 aromatic rings. The number of nitrogens with zero attached hydrogens (tertiary/aromatic N) is 1. The number of para-hydroxylation sites is 3. The van der Waals surface area contributed by atoms with Gasteiger partial charge in [0, 0.05) is 10.8 Å². The molecule has 0 saturated heterocycles. The van der Waals surface area contributed by atoms with E-state index in [1.807, 2.05) is 30.3 Å². The van der Waals surface area contributed by atoms with Crippen LogP contribution in [0.3, 0.4) is 0 Å². The number of carboxylic acids is 2. The fourth-order valence-corrected chi connectivity index (χ4v) is 3.29. The van der Waals surface area contributed by atoms with Crippen molar-refractivity contribution < 1.29 is 19.8 Å². The highest BCUT2D eigenvalue weighted by molar-refractivity contribution is 6.15. The first kappa shape index (κ1) is 15.0. The molecule has 1 aromatic heterocycles. The summed E-state index contributed by atoms with van der Waals surface area (Å²) < 4.78 is 1.72. The maximum Gasteiger partial charge on any atom is 0.337 e. The van der Waals surface area contributed by atoms with E-state index in [1.54, 1.807) is 28.8 Å². The Hall–Kier alpha value is -3.60. The lowest BCUT2D eigenvalue weighted by atomic mass is 10.1. The van der Waals surface area contributed by atoms with Crippen molar-refractivity contribution in [3.63, 3.8) is 0 Å². The Morgan fingerprint density at radius 2 is 1.28 bits per heavy atom. The van der Waals surface area contributed by atoms with Gasteiger partial charge in [-0.1, -0.05) is 42.5 Å². The SMILES string of the molecule is O=C(O)c1ccccc1-n1c2ccccc2c2cccc(C(=O)O)c21. The summed E-state index contributed by atoms with van der Waals surface area (Å²) in [6, 6.07) is 19.2. The topological polar surface area (TPSA) is 79.5 Å². The van der Waals surface area contributed by atoms with Crippen LogP contribution in [0.15, 0.2) is 66.7 Å². The standard InChI is InChI=1S/C20H13NO4/c22-19(23)14-7-2-4-11-17(14)21-16-10-3-1-6-12(16)13-8-5-9-15(18(13)21)20(24)25/h1-11H,(H,22,23)(H,24,25). The van der Waals surface area contributed by atoms with Crippen LogP contribution in [-0.4, -0.2) is 26.7 Å². The van der Waals surface area contributed by atoms with Crippen LogP contribution in [0.1, 0.15) is 20.7 Å². The Labute approximate surface area is 142 Å². The van der Waals surface area contributed by atoms with Gasteiger partial charge in [0.1, 0.15) is 0 Å². The lowest BCUT2D eigenvalue weighted by molar-refractivity contribution is 0.0688. The molecule has 5 nitrogen and oxygen atoms in total. The minimum absolute atomic E-state index is 0.116. The number of carboxylic acid groups (broad SMARTS) is 2. The van der Waals surface area contributed by atoms with Crippen molar-refractivity contribution in [3.05, 3.63) is 77.9 Å². The predicted molar refractivity (Wildman–Crippen MR) is 94.7 cm³/mol. The molecular formula is C20H13NO4. The zero-order valence-corrected chi connectivity index (χ0v) is 13.0. The molecule has 0 unspecified atom stereocenters. The third-order valence-corrected chi connectivity index (χ3v) is 4.30. The van der Waals surface area contributed by atoms with Crippen molar-refractivity contribution >= 4 is 33.7 Å². The van der Waals surface area contributed by atoms with E-state index in [0.717, 1.165) is 16.3 Å². The Kier molecular flexibility index (Phi) is 3.28. The normalized spacial score (nSPS) is 11.0. The summed E-state index contributed by atoms with van der Waals surface area (Å²) in [7, 11) is 0. The molecule has 0 amide bonds. The van der Waals surface area contributed by atoms with Gasteiger partial charge in [-0.3, -0.25) is 0 Å². The lowest BCUT2D eigenvalue weighted by Gasteiger charge is -2.12. The van der Waals surface area contributed by atoms with E-state index in [9.17, 15) is 19.8 Å². The highest BCUT2D eigenvalue weighted by atomic mass is 16.4. The molecule has 25 heavy (non-hydrogen) atoms. The van der Waals surface area contributed by atoms with Crippen molar-refractivity contribution in [2.24, 2.45) is 0 Å². The van der Waals surface area contributed by atoms with Gasteiger partial charge in [0.05, 0.1) is 27.8 Å². The molecule has 5 heteroatoms. The van der Waals surface area contributed by atoms with Gasteiger partial charge in [-0.25, -0.2) is 9.59 Å². The average Bonchev–Trinajstić information content (AvgIpc) is 2.96. The number of aromatic nitrogens is 1. The molecule has 0 spiro atoms. The minimum Gasteiger partial charge on any atom is -0.478 e. The van der Waals surface area contributed by atoms with Crippen LogP contribution in [-0.2, 0) is 0 Å². The van der Waals surface area contributed by atoms with Gasteiger partial charge in [-0.2, -0.15) is 0 Å². The molecule has 0 bridgehead atoms. The molecule has 122 valence electrons. The number of rotatable bonds is 3. The van der Waals surface area contributed by atoms with Crippen molar-refractivity contribution in [1.29, 1.82) is 0 Å². The second kappa shape index (κ2) is 5.49. The van der Waals surface area contributed by atoms with Crippen LogP contribution in [0.2, 0.25) is 0 Å². The van der Waals surface area contributed by atoms with Crippen molar-refractivity contribution in [1.82, 2.24) is 4.57 Å². The maximum absolute atomic E-state index is 11.8. The Bertz CT molecular complexity index is 1160. The summed E-state index contributed by atoms with van der Waals surface area (Å²) in [5.74, 6) is -2.11. The first-order chi connectivity index (χ1) is 12.1. The van der Waals surface area contributed by atoms with E-state index >= 15 is 0 Å². The minimum atomic E-state index is -1.06. The van der Waals surface area contributed by atoms with Crippen LogP contribution in [0.25, 0.3) is 27.5 Å². The molecule has 0 fully saturated rings. The third kappa shape index (κ3) is 2.17. The zero-order chi connectivity index (χ0) is 17.6. The van der Waals surface area contributed by atoms with Gasteiger partial charge >= 0.3 is 11.9 Å². The highest BCUT2D eigenvalue weighted by Crippen LogP contribution is 2.34. The second-order valence-electron chi connectivity index (χ2n) is 5.68. The van der Waals surface area contributed by atoms with Crippen molar-refractivity contribution in [2.75, 3.05) is 0 Å². The molecule has 0 atom stereocenters. The Balaban J connectivity index is 2.27. The average molecular weight is 331 g/mol. The Morgan fingerprint density at radius 1 is 0.680 bits per heavy atom. The first-order valence-corrected chi connectivity index (χ1v) is 7.67. The van der Waals surface area contributed by atoms with E-state index in [1.165, 1.54) is 12.1 Å². The summed E-state index contributed by atoms with van der Waals surface area (Å²) in [6.07, 6.45) is 0. The number of hydrogen-bond donors (Lipinski definition) is 2. The van der Waals surface area contributed by atoms with Gasteiger partial charge in [-0.05, 0) is 24.3 Å². The molecule has 0 aliphatic carbocycles. The van der Waals surface area contributed by atoms with Crippen LogP contribution in [0.4, 0.5) is 0 Å². The number of hydrogen-bond acceptors (Lipinski definition) is 2. The van der Waals surface area contributed by atoms with Gasteiger partial charge in [0.25, 0.3) is 0 Å². The van der Waals surface area contributed by atoms with Gasteiger partial charge < -0.3 is 14.8 Å². The summed E-state index contributed by atoms with van der Waals surface area (Å²) in [5.41, 5.74) is 1.94. The Morgan fingerprint density at radius 3 is 2.04 bits per heavy atom. The van der Waals surface area contributed by atoms with E-state index in [0.29, 0.717) is 11.2 Å². The fourth-order valence-electron chi connectivity index (χ4n) is 3.29. The molecular weight excluding hydrogens is 318 g/mol. The smallest absolute Gasteiger partial charge is 0.337 e. The van der Waals surface area contributed by atoms with Gasteiger partial charge in [0.15, 0.2) is 0 Å². The van der Waals surface area contributed by atoms with E-state index in [2.05, 4.69) is 0 Å². The van der Waals surface area contributed by atoms with Crippen LogP contribution in [0.5, 0.6) is 0 Å². The number of fused-ring (bicyclic) bond motifs is 3. The molecule has 1 heterocycles. The van der Waals surface area contributed by atoms with E-state index < -0.39 is 11.9 Å². The van der Waals surface area contributed by atoms with Crippen LogP contribution >= 0.6 is 0 Å². The predicted octanol–water partition coefficient (Wildman–Crippen LogP) is 4.18. The molecule has 4 rings (SSSR count). The van der Waals surface area contributed by atoms with Crippen molar-refractivity contribution in [3.8, 4) is 5.69 Å². The first-order valence-electron chi connectivity index (χ1n) is 7.67. The molecule has 3 aromatic carbocycles. The summed E-state index contributed by atoms with van der Waals surface area (Å²) in [6.45, 7) is 0. The lowest BCUT2D eigenvalue weighted by Crippen LogP contribution is -2.07. The largest absolute Gasteiger partial charge is 0.478 e. The number of aromatic carboxylic acids is 2. The molecule has 0 aliphatic rings. The molecule has 2 N–H and O–H groups in total. The molecule has 0 saturated carbocycles. The summed E-state index contributed by atoms with van der Waals surface area (Å²) >= 11 is 0. The van der Waals surface area contributed by atoms with Gasteiger partial charge in [-0.15, -0.1) is 0 Å². The quantitative estimate of drug-likeness (QED) is 0.590. The molecule has 0 radical (unpaired) electrons. The van der Waals surface area contributed by atoms with Crippen LogP contribution in [0, 0.1) is 0 Å².